The van der Waals surface area contributed by atoms with Crippen LogP contribution in [0.5, 0.6) is 0 Å². The van der Waals surface area contributed by atoms with Crippen LogP contribution in [0.3, 0.4) is 0 Å². The average molecular weight is 181 g/mol. The van der Waals surface area contributed by atoms with Gasteiger partial charge in [0, 0.05) is 37.4 Å². The lowest BCUT2D eigenvalue weighted by atomic mass is 10.1. The molecule has 1 saturated heterocycles. The lowest BCUT2D eigenvalue weighted by molar-refractivity contribution is -0.114. The topological polar surface area (TPSA) is 38.3 Å². The summed E-state index contributed by atoms with van der Waals surface area (Å²) < 4.78 is 5.26. The quantitative estimate of drug-likeness (QED) is 0.690. The van der Waals surface area contributed by atoms with Crippen molar-refractivity contribution in [1.29, 1.82) is 0 Å². The molecular formula is C10H15NO2. The Morgan fingerprint density at radius 1 is 1.31 bits per heavy atom. The molecule has 1 heterocycles. The van der Waals surface area contributed by atoms with Gasteiger partial charge in [0.15, 0.2) is 5.78 Å². The van der Waals surface area contributed by atoms with Crippen molar-refractivity contribution in [2.24, 2.45) is 0 Å². The van der Waals surface area contributed by atoms with Gasteiger partial charge in [-0.3, -0.25) is 4.79 Å². The highest BCUT2D eigenvalue weighted by Gasteiger charge is 2.17. The van der Waals surface area contributed by atoms with Gasteiger partial charge in [0.05, 0.1) is 0 Å². The molecule has 1 fully saturated rings. The molecule has 1 aliphatic carbocycles. The number of carbonyl (C=O) groups is 1. The van der Waals surface area contributed by atoms with Gasteiger partial charge in [-0.25, -0.2) is 0 Å². The number of rotatable bonds is 2. The number of nitrogens with one attached hydrogen (secondary N) is 1. The van der Waals surface area contributed by atoms with E-state index in [1.54, 1.807) is 6.08 Å². The lowest BCUT2D eigenvalue weighted by Crippen LogP contribution is -2.33. The molecule has 0 saturated carbocycles. The number of carbonyl (C=O) groups excluding carboxylic acids is 1. The second-order valence-corrected chi connectivity index (χ2v) is 3.67. The molecule has 2 aliphatic rings. The minimum atomic E-state index is 0.259. The lowest BCUT2D eigenvalue weighted by Gasteiger charge is -2.24. The number of hydrogen-bond acceptors (Lipinski definition) is 3. The van der Waals surface area contributed by atoms with Crippen LogP contribution in [-0.4, -0.2) is 25.0 Å². The predicted octanol–water partition coefficient (Wildman–Crippen LogP) is 1.00. The summed E-state index contributed by atoms with van der Waals surface area (Å²) >= 11 is 0. The van der Waals surface area contributed by atoms with E-state index in [4.69, 9.17) is 4.74 Å². The summed E-state index contributed by atoms with van der Waals surface area (Å²) in [5, 5.41) is 3.41. The fraction of sp³-hybridized carbons (Fsp3) is 0.700. The zero-order valence-corrected chi connectivity index (χ0v) is 7.71. The van der Waals surface area contributed by atoms with Gasteiger partial charge < -0.3 is 10.1 Å². The van der Waals surface area contributed by atoms with Gasteiger partial charge in [0.25, 0.3) is 0 Å². The minimum Gasteiger partial charge on any atom is -0.385 e. The second-order valence-electron chi connectivity index (χ2n) is 3.67. The van der Waals surface area contributed by atoms with Crippen molar-refractivity contribution < 1.29 is 9.53 Å². The molecule has 0 bridgehead atoms. The Hall–Kier alpha value is -0.830. The van der Waals surface area contributed by atoms with Crippen molar-refractivity contribution in [1.82, 2.24) is 5.32 Å². The Balaban J connectivity index is 1.83. The molecule has 2 rings (SSSR count). The number of ketones is 1. The van der Waals surface area contributed by atoms with E-state index in [0.29, 0.717) is 12.5 Å². The second kappa shape index (κ2) is 3.92. The molecule has 0 atom stereocenters. The van der Waals surface area contributed by atoms with Crippen molar-refractivity contribution in [2.75, 3.05) is 13.2 Å². The minimum absolute atomic E-state index is 0.259. The molecular weight excluding hydrogens is 166 g/mol. The first kappa shape index (κ1) is 8.75. The van der Waals surface area contributed by atoms with E-state index in [9.17, 15) is 4.79 Å². The fourth-order valence-electron chi connectivity index (χ4n) is 1.81. The van der Waals surface area contributed by atoms with Crippen LogP contribution < -0.4 is 5.32 Å². The highest BCUT2D eigenvalue weighted by atomic mass is 16.5. The van der Waals surface area contributed by atoms with Crippen LogP contribution in [0.2, 0.25) is 0 Å². The Labute approximate surface area is 78.1 Å². The van der Waals surface area contributed by atoms with Crippen LogP contribution >= 0.6 is 0 Å². The summed E-state index contributed by atoms with van der Waals surface area (Å²) in [6.07, 6.45) is 5.45. The van der Waals surface area contributed by atoms with Crippen LogP contribution in [0, 0.1) is 0 Å². The fourth-order valence-corrected chi connectivity index (χ4v) is 1.81. The Morgan fingerprint density at radius 3 is 2.69 bits per heavy atom. The molecule has 3 heteroatoms. The third-order valence-electron chi connectivity index (χ3n) is 2.59. The van der Waals surface area contributed by atoms with E-state index in [1.165, 1.54) is 0 Å². The average Bonchev–Trinajstić information content (AvgIpc) is 2.53. The standard InChI is InChI=1S/C10H15NO2/c12-10-2-1-9(7-10)11-8-3-5-13-6-4-8/h7-8,11H,1-6H2. The molecule has 13 heavy (non-hydrogen) atoms. The maximum atomic E-state index is 11.0. The molecule has 1 N–H and O–H groups in total. The molecule has 0 aromatic carbocycles. The summed E-state index contributed by atoms with van der Waals surface area (Å²) in [6.45, 7) is 1.69. The molecule has 0 aromatic rings. The van der Waals surface area contributed by atoms with Gasteiger partial charge in [-0.2, -0.15) is 0 Å². The highest BCUT2D eigenvalue weighted by Crippen LogP contribution is 2.15. The van der Waals surface area contributed by atoms with E-state index in [-0.39, 0.29) is 5.78 Å². The van der Waals surface area contributed by atoms with Gasteiger partial charge in [0.1, 0.15) is 0 Å². The summed E-state index contributed by atoms with van der Waals surface area (Å²) in [6, 6.07) is 0.519. The van der Waals surface area contributed by atoms with Crippen molar-refractivity contribution in [3.05, 3.63) is 11.8 Å². The van der Waals surface area contributed by atoms with E-state index >= 15 is 0 Å². The van der Waals surface area contributed by atoms with Crippen LogP contribution in [0.15, 0.2) is 11.8 Å². The van der Waals surface area contributed by atoms with E-state index in [2.05, 4.69) is 5.32 Å². The van der Waals surface area contributed by atoms with Crippen LogP contribution in [-0.2, 0) is 9.53 Å². The van der Waals surface area contributed by atoms with Crippen LogP contribution in [0.4, 0.5) is 0 Å². The van der Waals surface area contributed by atoms with Crippen molar-refractivity contribution >= 4 is 5.78 Å². The molecule has 0 unspecified atom stereocenters. The maximum Gasteiger partial charge on any atom is 0.157 e. The Kier molecular flexibility index (Phi) is 2.64. The van der Waals surface area contributed by atoms with Gasteiger partial charge in [-0.1, -0.05) is 0 Å². The molecule has 0 aromatic heterocycles. The first-order valence-corrected chi connectivity index (χ1v) is 4.92. The van der Waals surface area contributed by atoms with E-state index < -0.39 is 0 Å². The van der Waals surface area contributed by atoms with Crippen molar-refractivity contribution in [3.63, 3.8) is 0 Å². The van der Waals surface area contributed by atoms with Crippen molar-refractivity contribution in [3.8, 4) is 0 Å². The SMILES string of the molecule is O=C1C=C(NC2CCOCC2)CC1. The smallest absolute Gasteiger partial charge is 0.157 e. The highest BCUT2D eigenvalue weighted by molar-refractivity contribution is 5.92. The number of ether oxygens (including phenoxy) is 1. The summed E-state index contributed by atoms with van der Waals surface area (Å²) in [5.41, 5.74) is 1.12. The van der Waals surface area contributed by atoms with Crippen LogP contribution in [0.1, 0.15) is 25.7 Å². The monoisotopic (exact) mass is 181 g/mol. The van der Waals surface area contributed by atoms with Crippen LogP contribution in [0.25, 0.3) is 0 Å². The predicted molar refractivity (Wildman–Crippen MR) is 49.3 cm³/mol. The largest absolute Gasteiger partial charge is 0.385 e. The van der Waals surface area contributed by atoms with Gasteiger partial charge >= 0.3 is 0 Å². The van der Waals surface area contributed by atoms with Gasteiger partial charge in [-0.05, 0) is 19.3 Å². The van der Waals surface area contributed by atoms with E-state index in [1.807, 2.05) is 0 Å². The Bertz CT molecular complexity index is 229. The molecule has 0 spiro atoms. The third-order valence-corrected chi connectivity index (χ3v) is 2.59. The first-order chi connectivity index (χ1) is 6.34. The van der Waals surface area contributed by atoms with Crippen molar-refractivity contribution in [2.45, 2.75) is 31.7 Å². The maximum absolute atomic E-state index is 11.0. The summed E-state index contributed by atoms with van der Waals surface area (Å²) in [5.74, 6) is 0.259. The zero-order valence-electron chi connectivity index (χ0n) is 7.71. The number of allylic oxidation sites excluding steroid dienone is 2. The third kappa shape index (κ3) is 2.31. The molecule has 0 radical (unpaired) electrons. The number of hydrogen-bond donors (Lipinski definition) is 1. The normalized spacial score (nSPS) is 24.6. The summed E-state index contributed by atoms with van der Waals surface area (Å²) in [7, 11) is 0. The first-order valence-electron chi connectivity index (χ1n) is 4.92. The van der Waals surface area contributed by atoms with Gasteiger partial charge in [-0.15, -0.1) is 0 Å². The van der Waals surface area contributed by atoms with Gasteiger partial charge in [0.2, 0.25) is 0 Å². The molecule has 3 nitrogen and oxygen atoms in total. The molecule has 0 amide bonds. The Morgan fingerprint density at radius 2 is 2.08 bits per heavy atom. The summed E-state index contributed by atoms with van der Waals surface area (Å²) in [4.78, 5) is 11.0. The molecule has 1 aliphatic heterocycles. The van der Waals surface area contributed by atoms with E-state index in [0.717, 1.165) is 38.2 Å². The zero-order chi connectivity index (χ0) is 9.10. The molecule has 72 valence electrons.